The number of nitrogens with two attached hydrogens (primary N) is 1. The minimum Gasteiger partial charge on any atom is -0.398 e. The van der Waals surface area contributed by atoms with Crippen molar-refractivity contribution in [2.45, 2.75) is 63.8 Å². The molecule has 0 saturated heterocycles. The third kappa shape index (κ3) is 3.58. The summed E-state index contributed by atoms with van der Waals surface area (Å²) in [4.78, 5) is 0.338. The van der Waals surface area contributed by atoms with Gasteiger partial charge in [0.15, 0.2) is 0 Å². The molecule has 1 aliphatic rings. The molecule has 5 heteroatoms. The molecule has 0 radical (unpaired) electrons. The summed E-state index contributed by atoms with van der Waals surface area (Å²) >= 11 is 0. The summed E-state index contributed by atoms with van der Waals surface area (Å²) in [7, 11) is -3.52. The summed E-state index contributed by atoms with van der Waals surface area (Å²) in [6.45, 7) is 5.55. The lowest BCUT2D eigenvalue weighted by Gasteiger charge is -2.28. The average molecular weight is 310 g/mol. The molecular formula is C16H26N2O2S. The van der Waals surface area contributed by atoms with E-state index in [9.17, 15) is 8.42 Å². The fourth-order valence-corrected chi connectivity index (χ4v) is 5.10. The molecule has 0 aromatic heterocycles. The first-order valence-corrected chi connectivity index (χ1v) is 9.19. The Balaban J connectivity index is 2.24. The maximum absolute atomic E-state index is 12.7. The zero-order chi connectivity index (χ0) is 15.6. The Morgan fingerprint density at radius 1 is 1.19 bits per heavy atom. The predicted octanol–water partition coefficient (Wildman–Crippen LogP) is 3.13. The van der Waals surface area contributed by atoms with Gasteiger partial charge in [-0.05, 0) is 56.7 Å². The fourth-order valence-electron chi connectivity index (χ4n) is 3.29. The Morgan fingerprint density at radius 2 is 1.81 bits per heavy atom. The SMILES string of the molecule is Cc1ccc(N)c(C)c1S(=O)(=O)NC(C)C1CCCCC1. The highest BCUT2D eigenvalue weighted by molar-refractivity contribution is 7.89. The van der Waals surface area contributed by atoms with Crippen molar-refractivity contribution >= 4 is 15.7 Å². The molecule has 0 aliphatic heterocycles. The molecular weight excluding hydrogens is 284 g/mol. The summed E-state index contributed by atoms with van der Waals surface area (Å²) in [5, 5.41) is 0. The van der Waals surface area contributed by atoms with E-state index in [0.29, 0.717) is 22.1 Å². The Bertz CT molecular complexity index is 605. The lowest BCUT2D eigenvalue weighted by molar-refractivity contribution is 0.303. The summed E-state index contributed by atoms with van der Waals surface area (Å²) in [5.41, 5.74) is 7.77. The Labute approximate surface area is 128 Å². The second-order valence-electron chi connectivity index (χ2n) is 6.23. The largest absolute Gasteiger partial charge is 0.398 e. The van der Waals surface area contributed by atoms with Crippen LogP contribution in [0.1, 0.15) is 50.2 Å². The summed E-state index contributed by atoms with van der Waals surface area (Å²) in [6, 6.07) is 3.49. The maximum Gasteiger partial charge on any atom is 0.241 e. The van der Waals surface area contributed by atoms with E-state index >= 15 is 0 Å². The van der Waals surface area contributed by atoms with Crippen molar-refractivity contribution in [1.29, 1.82) is 0 Å². The number of nitrogen functional groups attached to an aromatic ring is 1. The molecule has 1 aliphatic carbocycles. The van der Waals surface area contributed by atoms with Crippen molar-refractivity contribution in [3.05, 3.63) is 23.3 Å². The monoisotopic (exact) mass is 310 g/mol. The van der Waals surface area contributed by atoms with Gasteiger partial charge in [-0.3, -0.25) is 0 Å². The van der Waals surface area contributed by atoms with Gasteiger partial charge < -0.3 is 5.73 Å². The van der Waals surface area contributed by atoms with Gasteiger partial charge in [-0.15, -0.1) is 0 Å². The zero-order valence-corrected chi connectivity index (χ0v) is 14.0. The summed E-state index contributed by atoms with van der Waals surface area (Å²) < 4.78 is 28.3. The van der Waals surface area contributed by atoms with Gasteiger partial charge in [-0.25, -0.2) is 13.1 Å². The third-order valence-corrected chi connectivity index (χ3v) is 6.46. The Hall–Kier alpha value is -1.07. The number of anilines is 1. The molecule has 118 valence electrons. The van der Waals surface area contributed by atoms with Crippen molar-refractivity contribution in [2.24, 2.45) is 5.92 Å². The highest BCUT2D eigenvalue weighted by atomic mass is 32.2. The van der Waals surface area contributed by atoms with E-state index in [4.69, 9.17) is 5.73 Å². The average Bonchev–Trinajstić information content (AvgIpc) is 2.43. The summed E-state index contributed by atoms with van der Waals surface area (Å²) in [6.07, 6.45) is 5.89. The second kappa shape index (κ2) is 6.36. The number of aryl methyl sites for hydroxylation is 1. The number of hydrogen-bond acceptors (Lipinski definition) is 3. The third-order valence-electron chi connectivity index (χ3n) is 4.61. The van der Waals surface area contributed by atoms with Crippen molar-refractivity contribution in [3.63, 3.8) is 0 Å². The van der Waals surface area contributed by atoms with E-state index in [0.717, 1.165) is 18.4 Å². The second-order valence-corrected chi connectivity index (χ2v) is 7.88. The van der Waals surface area contributed by atoms with Crippen LogP contribution in [-0.4, -0.2) is 14.5 Å². The van der Waals surface area contributed by atoms with Gasteiger partial charge in [-0.2, -0.15) is 0 Å². The van der Waals surface area contributed by atoms with Crippen LogP contribution in [0.5, 0.6) is 0 Å². The van der Waals surface area contributed by atoms with Crippen LogP contribution in [0.25, 0.3) is 0 Å². The fraction of sp³-hybridized carbons (Fsp3) is 0.625. The smallest absolute Gasteiger partial charge is 0.241 e. The van der Waals surface area contributed by atoms with Crippen molar-refractivity contribution < 1.29 is 8.42 Å². The first-order valence-electron chi connectivity index (χ1n) is 7.71. The molecule has 1 atom stereocenters. The normalized spacial score (nSPS) is 18.6. The molecule has 3 N–H and O–H groups in total. The van der Waals surface area contributed by atoms with Crippen LogP contribution < -0.4 is 10.5 Å². The van der Waals surface area contributed by atoms with Crippen LogP contribution in [0.3, 0.4) is 0 Å². The van der Waals surface area contributed by atoms with Gasteiger partial charge in [0.1, 0.15) is 0 Å². The van der Waals surface area contributed by atoms with Gasteiger partial charge >= 0.3 is 0 Å². The van der Waals surface area contributed by atoms with E-state index < -0.39 is 10.0 Å². The first kappa shape index (κ1) is 16.3. The zero-order valence-electron chi connectivity index (χ0n) is 13.1. The minimum absolute atomic E-state index is 0.0319. The molecule has 1 aromatic carbocycles. The van der Waals surface area contributed by atoms with Gasteiger partial charge in [0.05, 0.1) is 4.90 Å². The number of nitrogens with one attached hydrogen (secondary N) is 1. The lowest BCUT2D eigenvalue weighted by atomic mass is 9.85. The lowest BCUT2D eigenvalue weighted by Crippen LogP contribution is -2.39. The van der Waals surface area contributed by atoms with Gasteiger partial charge in [0, 0.05) is 11.7 Å². The Morgan fingerprint density at radius 3 is 2.43 bits per heavy atom. The van der Waals surface area contributed by atoms with Crippen LogP contribution in [-0.2, 0) is 10.0 Å². The van der Waals surface area contributed by atoms with Crippen molar-refractivity contribution in [1.82, 2.24) is 4.72 Å². The molecule has 2 rings (SSSR count). The van der Waals surface area contributed by atoms with E-state index in [1.54, 1.807) is 19.1 Å². The Kier molecular flexibility index (Phi) is 4.94. The molecule has 1 fully saturated rings. The van der Waals surface area contributed by atoms with Gasteiger partial charge in [0.25, 0.3) is 0 Å². The summed E-state index contributed by atoms with van der Waals surface area (Å²) in [5.74, 6) is 0.440. The number of benzene rings is 1. The predicted molar refractivity (Wildman–Crippen MR) is 86.7 cm³/mol. The van der Waals surface area contributed by atoms with E-state index in [1.165, 1.54) is 19.3 Å². The molecule has 0 spiro atoms. The standard InChI is InChI=1S/C16H26N2O2S/c1-11-9-10-15(17)12(2)16(11)21(19,20)18-13(3)14-7-5-4-6-8-14/h9-10,13-14,18H,4-8,17H2,1-3H3. The van der Waals surface area contributed by atoms with Crippen LogP contribution in [0.15, 0.2) is 17.0 Å². The quantitative estimate of drug-likeness (QED) is 0.839. The minimum atomic E-state index is -3.52. The van der Waals surface area contributed by atoms with Gasteiger partial charge in [0.2, 0.25) is 10.0 Å². The number of hydrogen-bond donors (Lipinski definition) is 2. The molecule has 0 heterocycles. The number of rotatable bonds is 4. The highest BCUT2D eigenvalue weighted by Gasteiger charge is 2.27. The van der Waals surface area contributed by atoms with E-state index in [1.807, 2.05) is 13.8 Å². The van der Waals surface area contributed by atoms with E-state index in [-0.39, 0.29) is 6.04 Å². The molecule has 21 heavy (non-hydrogen) atoms. The first-order chi connectivity index (χ1) is 9.83. The highest BCUT2D eigenvalue weighted by Crippen LogP contribution is 2.29. The molecule has 0 amide bonds. The van der Waals surface area contributed by atoms with Crippen LogP contribution in [0.4, 0.5) is 5.69 Å². The number of sulfonamides is 1. The molecule has 1 aromatic rings. The maximum atomic E-state index is 12.7. The van der Waals surface area contributed by atoms with Crippen LogP contribution >= 0.6 is 0 Å². The van der Waals surface area contributed by atoms with Crippen LogP contribution in [0, 0.1) is 19.8 Å². The van der Waals surface area contributed by atoms with E-state index in [2.05, 4.69) is 4.72 Å². The molecule has 4 nitrogen and oxygen atoms in total. The molecule has 0 bridgehead atoms. The van der Waals surface area contributed by atoms with Crippen molar-refractivity contribution in [2.75, 3.05) is 5.73 Å². The van der Waals surface area contributed by atoms with Gasteiger partial charge in [-0.1, -0.05) is 25.3 Å². The molecule has 1 unspecified atom stereocenters. The van der Waals surface area contributed by atoms with Crippen molar-refractivity contribution in [3.8, 4) is 0 Å². The van der Waals surface area contributed by atoms with Crippen LogP contribution in [0.2, 0.25) is 0 Å². The topological polar surface area (TPSA) is 72.2 Å². The molecule has 1 saturated carbocycles.